The van der Waals surface area contributed by atoms with Gasteiger partial charge in [-0.1, -0.05) is 6.07 Å². The fraction of sp³-hybridized carbons (Fsp3) is 0.273. The molecule has 0 unspecified atom stereocenters. The van der Waals surface area contributed by atoms with Crippen LogP contribution in [-0.4, -0.2) is 13.5 Å². The average molecular weight is 232 g/mol. The number of hydrogen-bond acceptors (Lipinski definition) is 2. The van der Waals surface area contributed by atoms with E-state index >= 15 is 0 Å². The molecule has 1 aromatic rings. The molecule has 0 amide bonds. The summed E-state index contributed by atoms with van der Waals surface area (Å²) >= 11 is 0. The summed E-state index contributed by atoms with van der Waals surface area (Å²) in [5, 5.41) is 0. The summed E-state index contributed by atoms with van der Waals surface area (Å²) in [6.45, 7) is 1.69. The van der Waals surface area contributed by atoms with Gasteiger partial charge >= 0.3 is 6.36 Å². The zero-order chi connectivity index (χ0) is 12.2. The first-order valence-corrected chi connectivity index (χ1v) is 4.48. The molecule has 0 bridgehead atoms. The minimum Gasteiger partial charge on any atom is -0.504 e. The lowest BCUT2D eigenvalue weighted by atomic mass is 10.1. The molecule has 16 heavy (non-hydrogen) atoms. The molecule has 0 radical (unpaired) electrons. The van der Waals surface area contributed by atoms with Crippen LogP contribution in [0, 0.1) is 6.92 Å². The van der Waals surface area contributed by atoms with Crippen molar-refractivity contribution in [1.82, 2.24) is 0 Å². The summed E-state index contributed by atoms with van der Waals surface area (Å²) in [6.07, 6.45) is -1.55. The minimum absolute atomic E-state index is 0.223. The second-order valence-electron chi connectivity index (χ2n) is 3.10. The third-order valence-corrected chi connectivity index (χ3v) is 1.86. The van der Waals surface area contributed by atoms with Gasteiger partial charge in [0.25, 0.3) is 0 Å². The van der Waals surface area contributed by atoms with Crippen molar-refractivity contribution in [2.75, 3.05) is 7.11 Å². The average Bonchev–Trinajstić information content (AvgIpc) is 2.14. The molecule has 0 saturated heterocycles. The number of methoxy groups -OCH3 is 1. The van der Waals surface area contributed by atoms with Gasteiger partial charge in [-0.3, -0.25) is 0 Å². The Balaban J connectivity index is 2.87. The lowest BCUT2D eigenvalue weighted by molar-refractivity contribution is -0.274. The van der Waals surface area contributed by atoms with E-state index < -0.39 is 6.36 Å². The van der Waals surface area contributed by atoms with Crippen LogP contribution in [0.15, 0.2) is 24.5 Å². The van der Waals surface area contributed by atoms with Crippen molar-refractivity contribution in [3.8, 4) is 5.75 Å². The van der Waals surface area contributed by atoms with Crippen molar-refractivity contribution in [2.45, 2.75) is 13.3 Å². The number of benzene rings is 1. The smallest absolute Gasteiger partial charge is 0.504 e. The van der Waals surface area contributed by atoms with Crippen LogP contribution in [0.25, 0.3) is 6.08 Å². The number of hydrogen-bond donors (Lipinski definition) is 0. The van der Waals surface area contributed by atoms with Crippen molar-refractivity contribution < 1.29 is 22.6 Å². The lowest BCUT2D eigenvalue weighted by Crippen LogP contribution is -2.17. The third-order valence-electron chi connectivity index (χ3n) is 1.86. The number of alkyl halides is 3. The first-order chi connectivity index (χ1) is 7.42. The summed E-state index contributed by atoms with van der Waals surface area (Å²) in [6, 6.07) is 4.12. The summed E-state index contributed by atoms with van der Waals surface area (Å²) in [7, 11) is 1.49. The van der Waals surface area contributed by atoms with Gasteiger partial charge in [0.2, 0.25) is 0 Å². The summed E-state index contributed by atoms with van der Waals surface area (Å²) in [4.78, 5) is 0. The Morgan fingerprint density at radius 2 is 1.94 bits per heavy atom. The molecule has 0 aromatic heterocycles. The molecule has 0 aliphatic carbocycles. The second kappa shape index (κ2) is 4.92. The van der Waals surface area contributed by atoms with E-state index in [-0.39, 0.29) is 5.75 Å². The third kappa shape index (κ3) is 3.84. The van der Waals surface area contributed by atoms with Crippen LogP contribution in [0.3, 0.4) is 0 Å². The van der Waals surface area contributed by atoms with Gasteiger partial charge < -0.3 is 9.47 Å². The summed E-state index contributed by atoms with van der Waals surface area (Å²) in [5.74, 6) is -0.223. The standard InChI is InChI=1S/C11H11F3O2/c1-8-7-10(16-11(12,13)14)4-3-9(8)5-6-15-2/h3-7H,1-2H3/b6-5+. The molecule has 1 rings (SSSR count). The van der Waals surface area contributed by atoms with E-state index in [1.165, 1.54) is 31.6 Å². The Labute approximate surface area is 91.3 Å². The predicted octanol–water partition coefficient (Wildman–Crippen LogP) is 3.51. The highest BCUT2D eigenvalue weighted by atomic mass is 19.4. The van der Waals surface area contributed by atoms with Gasteiger partial charge in [-0.25, -0.2) is 0 Å². The highest BCUT2D eigenvalue weighted by Gasteiger charge is 2.31. The van der Waals surface area contributed by atoms with E-state index in [0.717, 1.165) is 5.56 Å². The Morgan fingerprint density at radius 3 is 2.44 bits per heavy atom. The molecule has 0 heterocycles. The molecule has 0 N–H and O–H groups in total. The maximum absolute atomic E-state index is 11.9. The lowest BCUT2D eigenvalue weighted by Gasteiger charge is -2.10. The minimum atomic E-state index is -4.66. The van der Waals surface area contributed by atoms with E-state index in [1.54, 1.807) is 13.0 Å². The molecule has 1 aromatic carbocycles. The Kier molecular flexibility index (Phi) is 3.82. The number of halogens is 3. The summed E-state index contributed by atoms with van der Waals surface area (Å²) < 4.78 is 44.3. The molecule has 88 valence electrons. The second-order valence-corrected chi connectivity index (χ2v) is 3.10. The number of ether oxygens (including phenoxy) is 2. The highest BCUT2D eigenvalue weighted by Crippen LogP contribution is 2.25. The molecule has 0 aliphatic rings. The van der Waals surface area contributed by atoms with E-state index in [0.29, 0.717) is 5.56 Å². The maximum atomic E-state index is 11.9. The molecule has 0 aliphatic heterocycles. The van der Waals surface area contributed by atoms with Gasteiger partial charge in [-0.05, 0) is 36.3 Å². The van der Waals surface area contributed by atoms with E-state index in [4.69, 9.17) is 4.74 Å². The van der Waals surface area contributed by atoms with Gasteiger partial charge in [0.05, 0.1) is 13.4 Å². The zero-order valence-electron chi connectivity index (χ0n) is 8.84. The van der Waals surface area contributed by atoms with Crippen LogP contribution in [0.4, 0.5) is 13.2 Å². The fourth-order valence-corrected chi connectivity index (χ4v) is 1.17. The van der Waals surface area contributed by atoms with Crippen molar-refractivity contribution in [1.29, 1.82) is 0 Å². The quantitative estimate of drug-likeness (QED) is 0.742. The van der Waals surface area contributed by atoms with Crippen LogP contribution in [0.2, 0.25) is 0 Å². The van der Waals surface area contributed by atoms with Crippen LogP contribution in [0.1, 0.15) is 11.1 Å². The van der Waals surface area contributed by atoms with Gasteiger partial charge in [0, 0.05) is 0 Å². The topological polar surface area (TPSA) is 18.5 Å². The number of rotatable bonds is 3. The largest absolute Gasteiger partial charge is 0.573 e. The Hall–Kier alpha value is -1.65. The van der Waals surface area contributed by atoms with Crippen molar-refractivity contribution >= 4 is 6.08 Å². The molecular weight excluding hydrogens is 221 g/mol. The van der Waals surface area contributed by atoms with E-state index in [9.17, 15) is 13.2 Å². The molecule has 0 atom stereocenters. The van der Waals surface area contributed by atoms with Gasteiger partial charge in [0.15, 0.2) is 0 Å². The Morgan fingerprint density at radius 1 is 1.25 bits per heavy atom. The van der Waals surface area contributed by atoms with Crippen LogP contribution in [0.5, 0.6) is 5.75 Å². The first kappa shape index (κ1) is 12.4. The number of aryl methyl sites for hydroxylation is 1. The van der Waals surface area contributed by atoms with Gasteiger partial charge in [-0.2, -0.15) is 0 Å². The molecule has 5 heteroatoms. The zero-order valence-corrected chi connectivity index (χ0v) is 8.84. The van der Waals surface area contributed by atoms with Crippen LogP contribution in [-0.2, 0) is 4.74 Å². The molecule has 2 nitrogen and oxygen atoms in total. The van der Waals surface area contributed by atoms with Crippen molar-refractivity contribution in [3.05, 3.63) is 35.6 Å². The monoisotopic (exact) mass is 232 g/mol. The maximum Gasteiger partial charge on any atom is 0.573 e. The van der Waals surface area contributed by atoms with E-state index in [2.05, 4.69) is 4.74 Å². The van der Waals surface area contributed by atoms with E-state index in [1.807, 2.05) is 0 Å². The van der Waals surface area contributed by atoms with Crippen LogP contribution < -0.4 is 4.74 Å². The van der Waals surface area contributed by atoms with Gasteiger partial charge in [-0.15, -0.1) is 13.2 Å². The first-order valence-electron chi connectivity index (χ1n) is 4.48. The molecule has 0 saturated carbocycles. The highest BCUT2D eigenvalue weighted by molar-refractivity contribution is 5.54. The molecule has 0 spiro atoms. The van der Waals surface area contributed by atoms with Crippen molar-refractivity contribution in [2.24, 2.45) is 0 Å². The predicted molar refractivity (Wildman–Crippen MR) is 53.9 cm³/mol. The fourth-order valence-electron chi connectivity index (χ4n) is 1.17. The van der Waals surface area contributed by atoms with Crippen molar-refractivity contribution in [3.63, 3.8) is 0 Å². The van der Waals surface area contributed by atoms with Gasteiger partial charge in [0.1, 0.15) is 5.75 Å². The molecular formula is C11H11F3O2. The van der Waals surface area contributed by atoms with Crippen LogP contribution >= 0.6 is 0 Å². The Bertz CT molecular complexity index is 383. The summed E-state index contributed by atoms with van der Waals surface area (Å²) in [5.41, 5.74) is 1.45. The molecule has 0 fully saturated rings. The SMILES string of the molecule is CO/C=C/c1ccc(OC(F)(F)F)cc1C. The normalized spacial score (nSPS) is 11.8.